The summed E-state index contributed by atoms with van der Waals surface area (Å²) >= 11 is 0. The second-order valence-corrected chi connectivity index (χ2v) is 5.61. The third-order valence-corrected chi connectivity index (χ3v) is 4.60. The molecule has 0 aromatic heterocycles. The molecule has 108 valence electrons. The molecule has 0 saturated heterocycles. The highest BCUT2D eigenvalue weighted by Crippen LogP contribution is 2.51. The predicted octanol–water partition coefficient (Wildman–Crippen LogP) is 1.73. The summed E-state index contributed by atoms with van der Waals surface area (Å²) in [5.41, 5.74) is -0.182. The monoisotopic (exact) mass is 278 g/mol. The van der Waals surface area contributed by atoms with Crippen molar-refractivity contribution >= 4 is 17.5 Å². The molecular formula is C15H18O5. The summed E-state index contributed by atoms with van der Waals surface area (Å²) in [6.07, 6.45) is 3.42. The number of ether oxygens (including phenoxy) is 1. The van der Waals surface area contributed by atoms with Crippen molar-refractivity contribution < 1.29 is 24.2 Å². The van der Waals surface area contributed by atoms with Crippen LogP contribution in [0.25, 0.3) is 0 Å². The molecule has 5 nitrogen and oxygen atoms in total. The lowest BCUT2D eigenvalue weighted by atomic mass is 9.55. The maximum atomic E-state index is 12.6. The smallest absolute Gasteiger partial charge is 0.303 e. The quantitative estimate of drug-likeness (QED) is 0.795. The summed E-state index contributed by atoms with van der Waals surface area (Å²) in [4.78, 5) is 35.9. The van der Waals surface area contributed by atoms with Crippen LogP contribution in [0.1, 0.15) is 26.7 Å². The molecule has 0 heterocycles. The Morgan fingerprint density at radius 1 is 1.50 bits per heavy atom. The number of fused-ring (bicyclic) bond motifs is 1. The van der Waals surface area contributed by atoms with Crippen LogP contribution in [0.15, 0.2) is 23.5 Å². The summed E-state index contributed by atoms with van der Waals surface area (Å²) < 4.78 is 5.00. The van der Waals surface area contributed by atoms with Crippen LogP contribution in [0.2, 0.25) is 0 Å². The zero-order valence-corrected chi connectivity index (χ0v) is 11.8. The van der Waals surface area contributed by atoms with E-state index in [1.54, 1.807) is 6.92 Å². The van der Waals surface area contributed by atoms with Crippen molar-refractivity contribution in [2.45, 2.75) is 26.7 Å². The van der Waals surface area contributed by atoms with Crippen LogP contribution < -0.4 is 0 Å². The fraction of sp³-hybridized carbons (Fsp3) is 0.533. The van der Waals surface area contributed by atoms with Gasteiger partial charge in [0, 0.05) is 17.9 Å². The number of Topliss-reactive ketones (excluding diaryl/α,β-unsaturated/α-hetero) is 1. The first-order valence-corrected chi connectivity index (χ1v) is 6.55. The lowest BCUT2D eigenvalue weighted by molar-refractivity contribution is -0.147. The average molecular weight is 278 g/mol. The van der Waals surface area contributed by atoms with Gasteiger partial charge in [0.05, 0.1) is 18.9 Å². The Hall–Kier alpha value is -1.91. The maximum absolute atomic E-state index is 12.6. The van der Waals surface area contributed by atoms with Gasteiger partial charge >= 0.3 is 5.97 Å². The number of carboxylic acid groups (broad SMARTS) is 1. The molecule has 0 saturated carbocycles. The van der Waals surface area contributed by atoms with Gasteiger partial charge in [0.1, 0.15) is 0 Å². The highest BCUT2D eigenvalue weighted by molar-refractivity contribution is 6.12. The van der Waals surface area contributed by atoms with Crippen molar-refractivity contribution in [2.24, 2.45) is 17.3 Å². The first-order valence-electron chi connectivity index (χ1n) is 6.55. The maximum Gasteiger partial charge on any atom is 0.303 e. The number of carbonyl (C=O) groups excluding carboxylic acids is 2. The zero-order chi connectivity index (χ0) is 15.1. The van der Waals surface area contributed by atoms with E-state index in [9.17, 15) is 14.4 Å². The number of rotatable bonds is 3. The van der Waals surface area contributed by atoms with E-state index < -0.39 is 23.2 Å². The molecule has 2 aliphatic rings. The van der Waals surface area contributed by atoms with Gasteiger partial charge in [0.2, 0.25) is 5.78 Å². The van der Waals surface area contributed by atoms with E-state index >= 15 is 0 Å². The van der Waals surface area contributed by atoms with Crippen LogP contribution in [0.3, 0.4) is 0 Å². The number of aliphatic carboxylic acids is 1. The molecule has 0 unspecified atom stereocenters. The highest BCUT2D eigenvalue weighted by Gasteiger charge is 2.55. The number of carboxylic acids is 1. The first-order chi connectivity index (χ1) is 9.32. The van der Waals surface area contributed by atoms with Gasteiger partial charge in [0.15, 0.2) is 11.5 Å². The van der Waals surface area contributed by atoms with Gasteiger partial charge < -0.3 is 9.84 Å². The molecule has 0 aliphatic heterocycles. The summed E-state index contributed by atoms with van der Waals surface area (Å²) in [6.45, 7) is 3.51. The van der Waals surface area contributed by atoms with Gasteiger partial charge in [-0.15, -0.1) is 0 Å². The molecule has 0 amide bonds. The molecule has 0 aromatic rings. The first kappa shape index (κ1) is 14.5. The van der Waals surface area contributed by atoms with Gasteiger partial charge in [-0.05, 0) is 13.3 Å². The number of hydrogen-bond donors (Lipinski definition) is 1. The third kappa shape index (κ3) is 1.97. The summed E-state index contributed by atoms with van der Waals surface area (Å²) in [5.74, 6) is -2.36. The molecule has 5 heteroatoms. The third-order valence-electron chi connectivity index (χ3n) is 4.60. The summed E-state index contributed by atoms with van der Waals surface area (Å²) in [6, 6.07) is 0. The van der Waals surface area contributed by atoms with E-state index in [0.29, 0.717) is 6.42 Å². The average Bonchev–Trinajstić information content (AvgIpc) is 2.38. The fourth-order valence-electron chi connectivity index (χ4n) is 3.39. The molecule has 3 atom stereocenters. The minimum absolute atomic E-state index is 0.0267. The summed E-state index contributed by atoms with van der Waals surface area (Å²) in [7, 11) is 1.35. The lowest BCUT2D eigenvalue weighted by Crippen LogP contribution is -2.51. The number of allylic oxidation sites excluding steroid dienone is 4. The largest absolute Gasteiger partial charge is 0.493 e. The van der Waals surface area contributed by atoms with Gasteiger partial charge in [-0.25, -0.2) is 0 Å². The second-order valence-electron chi connectivity index (χ2n) is 5.61. The van der Waals surface area contributed by atoms with Crippen molar-refractivity contribution in [2.75, 3.05) is 7.11 Å². The molecule has 2 aliphatic carbocycles. The van der Waals surface area contributed by atoms with E-state index in [4.69, 9.17) is 9.84 Å². The van der Waals surface area contributed by atoms with Gasteiger partial charge in [-0.3, -0.25) is 14.4 Å². The van der Waals surface area contributed by atoms with Crippen molar-refractivity contribution in [1.29, 1.82) is 0 Å². The van der Waals surface area contributed by atoms with Crippen LogP contribution in [-0.4, -0.2) is 29.8 Å². The molecule has 1 N–H and O–H groups in total. The number of carbonyl (C=O) groups is 3. The number of methoxy groups -OCH3 is 1. The molecule has 0 aromatic carbocycles. The van der Waals surface area contributed by atoms with Gasteiger partial charge in [-0.2, -0.15) is 0 Å². The lowest BCUT2D eigenvalue weighted by Gasteiger charge is -2.46. The van der Waals surface area contributed by atoms with Crippen LogP contribution in [0.4, 0.5) is 0 Å². The Labute approximate surface area is 117 Å². The van der Waals surface area contributed by atoms with Crippen LogP contribution in [0.5, 0.6) is 0 Å². The highest BCUT2D eigenvalue weighted by atomic mass is 16.5. The van der Waals surface area contributed by atoms with Crippen molar-refractivity contribution in [3.63, 3.8) is 0 Å². The summed E-state index contributed by atoms with van der Waals surface area (Å²) in [5, 5.41) is 9.09. The van der Waals surface area contributed by atoms with Crippen molar-refractivity contribution in [3.8, 4) is 0 Å². The predicted molar refractivity (Wildman–Crippen MR) is 70.8 cm³/mol. The second kappa shape index (κ2) is 4.89. The number of ketones is 2. The SMILES string of the molecule is COC1=CC(=O)[C@H]2CC=C(C)[C@@H](CC(=O)O)[C@@]2(C)C1=O. The molecule has 0 bridgehead atoms. The number of hydrogen-bond acceptors (Lipinski definition) is 4. The molecule has 0 spiro atoms. The van der Waals surface area contributed by atoms with E-state index in [-0.39, 0.29) is 23.7 Å². The van der Waals surface area contributed by atoms with E-state index in [0.717, 1.165) is 5.57 Å². The Bertz CT molecular complexity index is 542. The van der Waals surface area contributed by atoms with Crippen LogP contribution >= 0.6 is 0 Å². The van der Waals surface area contributed by atoms with Gasteiger partial charge in [0.25, 0.3) is 0 Å². The minimum Gasteiger partial charge on any atom is -0.493 e. The van der Waals surface area contributed by atoms with Gasteiger partial charge in [-0.1, -0.05) is 18.6 Å². The molecular weight excluding hydrogens is 260 g/mol. The molecule has 0 radical (unpaired) electrons. The topological polar surface area (TPSA) is 80.7 Å². The van der Waals surface area contributed by atoms with E-state index in [1.165, 1.54) is 13.2 Å². The Balaban J connectivity index is 2.54. The van der Waals surface area contributed by atoms with E-state index in [1.807, 2.05) is 13.0 Å². The van der Waals surface area contributed by atoms with E-state index in [2.05, 4.69) is 0 Å². The van der Waals surface area contributed by atoms with Crippen molar-refractivity contribution in [1.82, 2.24) is 0 Å². The minimum atomic E-state index is -1.03. The Morgan fingerprint density at radius 2 is 2.15 bits per heavy atom. The van der Waals surface area contributed by atoms with Crippen molar-refractivity contribution in [3.05, 3.63) is 23.5 Å². The normalized spacial score (nSPS) is 33.1. The van der Waals surface area contributed by atoms with Crippen LogP contribution in [-0.2, 0) is 19.1 Å². The fourth-order valence-corrected chi connectivity index (χ4v) is 3.39. The van der Waals surface area contributed by atoms with Crippen LogP contribution in [0, 0.1) is 17.3 Å². The molecule has 2 rings (SSSR count). The Kier molecular flexibility index (Phi) is 3.54. The molecule has 0 fully saturated rings. The molecule has 20 heavy (non-hydrogen) atoms. The standard InChI is InChI=1S/C15H18O5/c1-8-4-5-9-11(16)7-12(20-3)14(19)15(9,2)10(8)6-13(17)18/h4,7,9-10H,5-6H2,1-3H3,(H,17,18)/t9-,10-,15+/m1/s1. The zero-order valence-electron chi connectivity index (χ0n) is 11.8. The Morgan fingerprint density at radius 3 is 2.70 bits per heavy atom.